The molecule has 1 aromatic carbocycles. The monoisotopic (exact) mass is 270 g/mol. The van der Waals surface area contributed by atoms with Gasteiger partial charge in [0.1, 0.15) is 0 Å². The highest BCUT2D eigenvalue weighted by Gasteiger charge is 2.21. The van der Waals surface area contributed by atoms with E-state index in [4.69, 9.17) is 5.73 Å². The Hall–Kier alpha value is -0.910. The van der Waals surface area contributed by atoms with Crippen molar-refractivity contribution in [3.05, 3.63) is 30.3 Å². The average molecular weight is 270 g/mol. The molecule has 1 aromatic rings. The molecule has 4 nitrogen and oxygen atoms in total. The topological polar surface area (TPSA) is 63.4 Å². The third-order valence-electron chi connectivity index (χ3n) is 3.09. The molecule has 0 aliphatic carbocycles. The van der Waals surface area contributed by atoms with Crippen LogP contribution in [0.1, 0.15) is 20.3 Å². The van der Waals surface area contributed by atoms with Gasteiger partial charge in [-0.05, 0) is 24.5 Å². The maximum absolute atomic E-state index is 12.2. The second kappa shape index (κ2) is 6.31. The first-order valence-electron chi connectivity index (χ1n) is 6.12. The van der Waals surface area contributed by atoms with E-state index < -0.39 is 10.0 Å². The second-order valence-corrected chi connectivity index (χ2v) is 6.88. The molecule has 5 heteroatoms. The highest BCUT2D eigenvalue weighted by atomic mass is 32.2. The van der Waals surface area contributed by atoms with Crippen molar-refractivity contribution in [2.45, 2.75) is 31.2 Å². The van der Waals surface area contributed by atoms with Crippen LogP contribution >= 0.6 is 0 Å². The van der Waals surface area contributed by atoms with E-state index >= 15 is 0 Å². The molecule has 0 aliphatic heterocycles. The van der Waals surface area contributed by atoms with Gasteiger partial charge in [-0.1, -0.05) is 32.0 Å². The summed E-state index contributed by atoms with van der Waals surface area (Å²) in [7, 11) is -1.79. The fraction of sp³-hybridized carbons (Fsp3) is 0.538. The second-order valence-electron chi connectivity index (χ2n) is 4.84. The Bertz CT molecular complexity index is 457. The molecule has 0 aromatic heterocycles. The molecular formula is C13H22N2O2S. The van der Waals surface area contributed by atoms with Crippen molar-refractivity contribution in [1.29, 1.82) is 0 Å². The lowest BCUT2D eigenvalue weighted by Gasteiger charge is -2.21. The molecule has 0 saturated carbocycles. The van der Waals surface area contributed by atoms with Crippen molar-refractivity contribution >= 4 is 10.0 Å². The van der Waals surface area contributed by atoms with Crippen molar-refractivity contribution in [2.24, 2.45) is 11.7 Å². The Morgan fingerprint density at radius 2 is 1.78 bits per heavy atom. The van der Waals surface area contributed by atoms with Crippen LogP contribution in [0, 0.1) is 5.92 Å². The molecule has 1 atom stereocenters. The summed E-state index contributed by atoms with van der Waals surface area (Å²) in [5.74, 6) is 0.359. The molecule has 0 aliphatic rings. The summed E-state index contributed by atoms with van der Waals surface area (Å²) in [4.78, 5) is 0.325. The van der Waals surface area contributed by atoms with Crippen LogP contribution in [0.15, 0.2) is 35.2 Å². The highest BCUT2D eigenvalue weighted by molar-refractivity contribution is 7.89. The molecule has 2 N–H and O–H groups in total. The first-order chi connectivity index (χ1) is 8.35. The lowest BCUT2D eigenvalue weighted by Crippen LogP contribution is -2.34. The largest absolute Gasteiger partial charge is 0.327 e. The molecule has 0 saturated heterocycles. The third kappa shape index (κ3) is 3.80. The number of nitrogens with two attached hydrogens (primary N) is 1. The van der Waals surface area contributed by atoms with Gasteiger partial charge in [-0.2, -0.15) is 0 Å². The zero-order valence-corrected chi connectivity index (χ0v) is 12.0. The number of sulfonamides is 1. The Morgan fingerprint density at radius 1 is 1.22 bits per heavy atom. The smallest absolute Gasteiger partial charge is 0.242 e. The minimum Gasteiger partial charge on any atom is -0.327 e. The lowest BCUT2D eigenvalue weighted by molar-refractivity contribution is 0.397. The van der Waals surface area contributed by atoms with E-state index in [1.54, 1.807) is 37.4 Å². The maximum atomic E-state index is 12.2. The summed E-state index contributed by atoms with van der Waals surface area (Å²) in [5.41, 5.74) is 5.93. The molecule has 0 bridgehead atoms. The number of hydrogen-bond acceptors (Lipinski definition) is 3. The summed E-state index contributed by atoms with van der Waals surface area (Å²) < 4.78 is 25.8. The van der Waals surface area contributed by atoms with Gasteiger partial charge in [0.25, 0.3) is 0 Å². The van der Waals surface area contributed by atoms with Gasteiger partial charge in [0.2, 0.25) is 10.0 Å². The van der Waals surface area contributed by atoms with Crippen LogP contribution in [0.25, 0.3) is 0 Å². The van der Waals surface area contributed by atoms with Gasteiger partial charge in [0, 0.05) is 19.6 Å². The molecule has 0 spiro atoms. The SMILES string of the molecule is CC(C)C(N)CCN(C)S(=O)(=O)c1ccccc1. The Labute approximate surface area is 110 Å². The van der Waals surface area contributed by atoms with E-state index in [1.807, 2.05) is 13.8 Å². The maximum Gasteiger partial charge on any atom is 0.242 e. The summed E-state index contributed by atoms with van der Waals surface area (Å²) in [6, 6.07) is 8.48. The predicted octanol–water partition coefficient (Wildman–Crippen LogP) is 1.68. The van der Waals surface area contributed by atoms with E-state index in [0.717, 1.165) is 0 Å². The van der Waals surface area contributed by atoms with E-state index in [0.29, 0.717) is 23.8 Å². The van der Waals surface area contributed by atoms with Crippen molar-refractivity contribution in [1.82, 2.24) is 4.31 Å². The van der Waals surface area contributed by atoms with Gasteiger partial charge in [-0.3, -0.25) is 0 Å². The molecule has 0 amide bonds. The molecular weight excluding hydrogens is 248 g/mol. The van der Waals surface area contributed by atoms with Crippen molar-refractivity contribution in [2.75, 3.05) is 13.6 Å². The molecule has 1 unspecified atom stereocenters. The first kappa shape index (κ1) is 15.1. The number of rotatable bonds is 6. The van der Waals surface area contributed by atoms with E-state index in [1.165, 1.54) is 4.31 Å². The van der Waals surface area contributed by atoms with E-state index in [-0.39, 0.29) is 6.04 Å². The molecule has 1 rings (SSSR count). The Kier molecular flexibility index (Phi) is 5.31. The van der Waals surface area contributed by atoms with Crippen LogP contribution in [0.2, 0.25) is 0 Å². The molecule has 0 heterocycles. The highest BCUT2D eigenvalue weighted by Crippen LogP contribution is 2.14. The van der Waals surface area contributed by atoms with Gasteiger partial charge >= 0.3 is 0 Å². The van der Waals surface area contributed by atoms with Gasteiger partial charge in [-0.25, -0.2) is 12.7 Å². The van der Waals surface area contributed by atoms with Crippen LogP contribution in [0.3, 0.4) is 0 Å². The summed E-state index contributed by atoms with van der Waals surface area (Å²) in [6.07, 6.45) is 0.667. The zero-order chi connectivity index (χ0) is 13.8. The van der Waals surface area contributed by atoms with Crippen LogP contribution in [-0.2, 0) is 10.0 Å². The van der Waals surface area contributed by atoms with Gasteiger partial charge < -0.3 is 5.73 Å². The fourth-order valence-corrected chi connectivity index (χ4v) is 2.76. The van der Waals surface area contributed by atoms with Crippen molar-refractivity contribution in [3.63, 3.8) is 0 Å². The standard InChI is InChI=1S/C13H22N2O2S/c1-11(2)13(14)9-10-15(3)18(16,17)12-7-5-4-6-8-12/h4-8,11,13H,9-10,14H2,1-3H3. The Balaban J connectivity index is 2.69. The quantitative estimate of drug-likeness (QED) is 0.855. The molecule has 0 radical (unpaired) electrons. The number of nitrogens with zero attached hydrogens (tertiary/aromatic N) is 1. The van der Waals surface area contributed by atoms with Gasteiger partial charge in [-0.15, -0.1) is 0 Å². The lowest BCUT2D eigenvalue weighted by atomic mass is 10.0. The summed E-state index contributed by atoms with van der Waals surface area (Å²) in [6.45, 7) is 4.52. The number of benzene rings is 1. The number of hydrogen-bond donors (Lipinski definition) is 1. The average Bonchev–Trinajstić information content (AvgIpc) is 2.36. The third-order valence-corrected chi connectivity index (χ3v) is 4.96. The van der Waals surface area contributed by atoms with Crippen LogP contribution < -0.4 is 5.73 Å². The van der Waals surface area contributed by atoms with Gasteiger partial charge in [0.15, 0.2) is 0 Å². The minimum absolute atomic E-state index is 0.0263. The first-order valence-corrected chi connectivity index (χ1v) is 7.56. The van der Waals surface area contributed by atoms with Crippen LogP contribution in [-0.4, -0.2) is 32.4 Å². The minimum atomic E-state index is -3.38. The molecule has 0 fully saturated rings. The molecule has 102 valence electrons. The van der Waals surface area contributed by atoms with E-state index in [2.05, 4.69) is 0 Å². The Morgan fingerprint density at radius 3 is 2.28 bits per heavy atom. The normalized spacial score (nSPS) is 14.1. The summed E-state index contributed by atoms with van der Waals surface area (Å²) in [5, 5.41) is 0. The van der Waals surface area contributed by atoms with Crippen LogP contribution in [0.5, 0.6) is 0 Å². The van der Waals surface area contributed by atoms with Crippen molar-refractivity contribution < 1.29 is 8.42 Å². The van der Waals surface area contributed by atoms with Gasteiger partial charge in [0.05, 0.1) is 4.90 Å². The summed E-state index contributed by atoms with van der Waals surface area (Å²) >= 11 is 0. The fourth-order valence-electron chi connectivity index (χ4n) is 1.56. The van der Waals surface area contributed by atoms with E-state index in [9.17, 15) is 8.42 Å². The predicted molar refractivity (Wildman–Crippen MR) is 73.7 cm³/mol. The van der Waals surface area contributed by atoms with Crippen molar-refractivity contribution in [3.8, 4) is 0 Å². The zero-order valence-electron chi connectivity index (χ0n) is 11.2. The molecule has 18 heavy (non-hydrogen) atoms. The van der Waals surface area contributed by atoms with Crippen LogP contribution in [0.4, 0.5) is 0 Å².